The zero-order valence-corrected chi connectivity index (χ0v) is 29.2. The van der Waals surface area contributed by atoms with Crippen LogP contribution in [0, 0.1) is 0 Å². The second kappa shape index (κ2) is 10.6. The summed E-state index contributed by atoms with van der Waals surface area (Å²) >= 11 is 0. The van der Waals surface area contributed by atoms with Gasteiger partial charge in [0.25, 0.3) is 0 Å². The highest BCUT2D eigenvalue weighted by Gasteiger charge is 2.24. The molecular weight excluding hydrogens is 675 g/mol. The van der Waals surface area contributed by atoms with Crippen molar-refractivity contribution >= 4 is 109 Å². The van der Waals surface area contributed by atoms with Crippen LogP contribution in [0.5, 0.6) is 0 Å². The minimum atomic E-state index is 0.583. The van der Waals surface area contributed by atoms with Crippen LogP contribution in [-0.4, -0.2) is 14.5 Å². The quantitative estimate of drug-likeness (QED) is 0.168. The van der Waals surface area contributed by atoms with Crippen molar-refractivity contribution in [2.45, 2.75) is 0 Å². The third-order valence-electron chi connectivity index (χ3n) is 11.6. The van der Waals surface area contributed by atoms with Gasteiger partial charge in [0.15, 0.2) is 5.58 Å². The number of nitrogens with zero attached hydrogens (tertiary/aromatic N) is 3. The molecule has 4 heterocycles. The predicted octanol–water partition coefficient (Wildman–Crippen LogP) is 13.7. The van der Waals surface area contributed by atoms with Gasteiger partial charge in [-0.15, -0.1) is 0 Å². The lowest BCUT2D eigenvalue weighted by Crippen LogP contribution is -2.03. The summed E-state index contributed by atoms with van der Waals surface area (Å²) in [5.74, 6) is 0.583. The zero-order valence-electron chi connectivity index (χ0n) is 29.2. The Balaban J connectivity index is 1.22. The van der Waals surface area contributed by atoms with Crippen LogP contribution < -0.4 is 0 Å². The molecule has 0 fully saturated rings. The monoisotopic (exact) mass is 701 g/mol. The molecule has 5 nitrogen and oxygen atoms in total. The van der Waals surface area contributed by atoms with E-state index in [9.17, 15) is 0 Å². The van der Waals surface area contributed by atoms with E-state index in [0.717, 1.165) is 71.2 Å². The van der Waals surface area contributed by atoms with Crippen molar-refractivity contribution in [2.75, 3.05) is 0 Å². The van der Waals surface area contributed by atoms with Crippen molar-refractivity contribution in [3.8, 4) is 17.2 Å². The molecule has 0 spiro atoms. The molecule has 5 heteroatoms. The van der Waals surface area contributed by atoms with Gasteiger partial charge in [0.05, 0.1) is 11.0 Å². The molecule has 0 N–H and O–H groups in total. The van der Waals surface area contributed by atoms with Crippen molar-refractivity contribution < 1.29 is 8.83 Å². The van der Waals surface area contributed by atoms with Gasteiger partial charge in [0.2, 0.25) is 5.95 Å². The van der Waals surface area contributed by atoms with E-state index in [-0.39, 0.29) is 0 Å². The Labute approximate surface area is 312 Å². The molecule has 4 aromatic heterocycles. The van der Waals surface area contributed by atoms with Gasteiger partial charge in [0, 0.05) is 43.3 Å². The van der Waals surface area contributed by atoms with Crippen molar-refractivity contribution in [3.63, 3.8) is 0 Å². The summed E-state index contributed by atoms with van der Waals surface area (Å²) in [7, 11) is 0. The molecule has 0 amide bonds. The van der Waals surface area contributed by atoms with E-state index in [1.165, 1.54) is 37.7 Å². The highest BCUT2D eigenvalue weighted by atomic mass is 16.3. The number of para-hydroxylation sites is 2. The standard InChI is InChI=1S/C50H27N3O2/c1-2-12-30-28(11-1)21-24-39-45-40(26-25-37-33-15-4-3-13-31(33)32-14-5-6-17-36(32)44(37)45)53(48(30)39)50-51-46(49-47(52-50)38-18-8-10-20-42(38)55-49)29-22-23-35-34-16-7-9-19-41(34)54-43(35)27-29/h1-27H. The van der Waals surface area contributed by atoms with E-state index >= 15 is 0 Å². The van der Waals surface area contributed by atoms with Crippen molar-refractivity contribution in [1.82, 2.24) is 14.5 Å². The fourth-order valence-electron chi connectivity index (χ4n) is 9.22. The molecule has 0 aliphatic carbocycles. The van der Waals surface area contributed by atoms with Crippen LogP contribution in [0.15, 0.2) is 173 Å². The number of hydrogen-bond acceptors (Lipinski definition) is 4. The molecule has 13 rings (SSSR count). The molecule has 9 aromatic carbocycles. The van der Waals surface area contributed by atoms with Crippen LogP contribution in [0.3, 0.4) is 0 Å². The summed E-state index contributed by atoms with van der Waals surface area (Å²) in [5, 5.41) is 15.2. The normalized spacial score (nSPS) is 12.4. The van der Waals surface area contributed by atoms with Crippen LogP contribution in [0.1, 0.15) is 0 Å². The van der Waals surface area contributed by atoms with Crippen molar-refractivity contribution in [2.24, 2.45) is 0 Å². The molecule has 0 aliphatic heterocycles. The van der Waals surface area contributed by atoms with Gasteiger partial charge in [0.1, 0.15) is 28.0 Å². The number of furan rings is 2. The maximum Gasteiger partial charge on any atom is 0.236 e. The summed E-state index contributed by atoms with van der Waals surface area (Å²) in [6.45, 7) is 0. The van der Waals surface area contributed by atoms with Gasteiger partial charge in [-0.25, -0.2) is 9.97 Å². The maximum atomic E-state index is 6.61. The molecule has 254 valence electrons. The molecule has 0 saturated carbocycles. The molecule has 0 bridgehead atoms. The highest BCUT2D eigenvalue weighted by molar-refractivity contribution is 6.36. The molecule has 0 atom stereocenters. The minimum absolute atomic E-state index is 0.583. The predicted molar refractivity (Wildman–Crippen MR) is 226 cm³/mol. The van der Waals surface area contributed by atoms with Crippen molar-refractivity contribution in [1.29, 1.82) is 0 Å². The summed E-state index contributed by atoms with van der Waals surface area (Å²) < 4.78 is 15.3. The van der Waals surface area contributed by atoms with Crippen LogP contribution >= 0.6 is 0 Å². The topological polar surface area (TPSA) is 57.0 Å². The van der Waals surface area contributed by atoms with Crippen LogP contribution in [0.2, 0.25) is 0 Å². The Hall–Kier alpha value is -7.50. The van der Waals surface area contributed by atoms with E-state index in [1.54, 1.807) is 0 Å². The smallest absolute Gasteiger partial charge is 0.236 e. The van der Waals surface area contributed by atoms with E-state index in [0.29, 0.717) is 17.2 Å². The van der Waals surface area contributed by atoms with Crippen molar-refractivity contribution in [3.05, 3.63) is 164 Å². The fourth-order valence-corrected chi connectivity index (χ4v) is 9.22. The molecule has 0 saturated heterocycles. The average Bonchev–Trinajstić information content (AvgIpc) is 3.92. The lowest BCUT2D eigenvalue weighted by atomic mass is 9.91. The first-order valence-corrected chi connectivity index (χ1v) is 18.6. The Bertz CT molecular complexity index is 3760. The van der Waals surface area contributed by atoms with Gasteiger partial charge < -0.3 is 8.83 Å². The first kappa shape index (κ1) is 29.0. The summed E-state index contributed by atoms with van der Waals surface area (Å²) in [5.41, 5.74) is 7.58. The lowest BCUT2D eigenvalue weighted by Gasteiger charge is -2.13. The molecule has 0 radical (unpaired) electrons. The van der Waals surface area contributed by atoms with Gasteiger partial charge in [-0.2, -0.15) is 0 Å². The van der Waals surface area contributed by atoms with Gasteiger partial charge in [-0.05, 0) is 68.7 Å². The average molecular weight is 702 g/mol. The third-order valence-corrected chi connectivity index (χ3v) is 11.6. The van der Waals surface area contributed by atoms with E-state index < -0.39 is 0 Å². The Morgan fingerprint density at radius 3 is 1.78 bits per heavy atom. The van der Waals surface area contributed by atoms with Gasteiger partial charge >= 0.3 is 0 Å². The third kappa shape index (κ3) is 3.86. The zero-order chi connectivity index (χ0) is 35.8. The maximum absolute atomic E-state index is 6.61. The first-order chi connectivity index (χ1) is 27.3. The summed E-state index contributed by atoms with van der Waals surface area (Å²) in [6.07, 6.45) is 0. The number of benzene rings is 9. The number of fused-ring (bicyclic) bond motifs is 18. The largest absolute Gasteiger partial charge is 0.456 e. The number of aromatic nitrogens is 3. The summed E-state index contributed by atoms with van der Waals surface area (Å²) in [6, 6.07) is 57.8. The van der Waals surface area contributed by atoms with Crippen LogP contribution in [0.4, 0.5) is 0 Å². The highest BCUT2D eigenvalue weighted by Crippen LogP contribution is 2.45. The Morgan fingerprint density at radius 2 is 0.982 bits per heavy atom. The SMILES string of the molecule is c1ccc2c(c1)ccc1c3c4c5ccccc5c5ccccc5c4ccc3n(-c3nc(-c4ccc5c(c4)oc4ccccc45)c4oc5ccccc5c4n3)c21. The number of hydrogen-bond donors (Lipinski definition) is 0. The fraction of sp³-hybridized carbons (Fsp3) is 0. The molecule has 13 aromatic rings. The van der Waals surface area contributed by atoms with Gasteiger partial charge in [-0.1, -0.05) is 127 Å². The summed E-state index contributed by atoms with van der Waals surface area (Å²) in [4.78, 5) is 10.9. The van der Waals surface area contributed by atoms with Crippen LogP contribution in [0.25, 0.3) is 126 Å². The minimum Gasteiger partial charge on any atom is -0.456 e. The number of rotatable bonds is 2. The molecule has 55 heavy (non-hydrogen) atoms. The van der Waals surface area contributed by atoms with E-state index in [2.05, 4.69) is 132 Å². The molecule has 0 unspecified atom stereocenters. The van der Waals surface area contributed by atoms with Crippen LogP contribution in [-0.2, 0) is 0 Å². The second-order valence-electron chi connectivity index (χ2n) is 14.4. The lowest BCUT2D eigenvalue weighted by molar-refractivity contribution is 0.666. The Kier molecular flexibility index (Phi) is 5.57. The first-order valence-electron chi connectivity index (χ1n) is 18.6. The Morgan fingerprint density at radius 1 is 0.400 bits per heavy atom. The molecule has 0 aliphatic rings. The molecular formula is C50H27N3O2. The second-order valence-corrected chi connectivity index (χ2v) is 14.4. The van der Waals surface area contributed by atoms with Gasteiger partial charge in [-0.3, -0.25) is 4.57 Å². The van der Waals surface area contributed by atoms with E-state index in [1.807, 2.05) is 36.4 Å². The van der Waals surface area contributed by atoms with E-state index in [4.69, 9.17) is 18.8 Å².